The molecule has 156 valence electrons. The van der Waals surface area contributed by atoms with Gasteiger partial charge in [-0.05, 0) is 32.0 Å². The first-order chi connectivity index (χ1) is 14.5. The van der Waals surface area contributed by atoms with E-state index < -0.39 is 0 Å². The number of carbonyl (C=O) groups is 1. The van der Waals surface area contributed by atoms with E-state index in [2.05, 4.69) is 25.6 Å². The highest BCUT2D eigenvalue weighted by Crippen LogP contribution is 2.25. The maximum absolute atomic E-state index is 11.2. The number of carbonyl (C=O) groups excluding carboxylic acids is 1. The van der Waals surface area contributed by atoms with Crippen LogP contribution in [0, 0.1) is 6.92 Å². The smallest absolute Gasteiger partial charge is 0.234 e. The molecular formula is C22H25N5O3. The number of aromatic nitrogens is 3. The number of amides is 1. The minimum absolute atomic E-state index is 0.0563. The third kappa shape index (κ3) is 6.52. The van der Waals surface area contributed by atoms with Gasteiger partial charge in [-0.25, -0.2) is 0 Å². The van der Waals surface area contributed by atoms with Gasteiger partial charge < -0.3 is 14.8 Å². The predicted molar refractivity (Wildman–Crippen MR) is 115 cm³/mol. The molecule has 1 amide bonds. The maximum Gasteiger partial charge on any atom is 0.234 e. The van der Waals surface area contributed by atoms with Gasteiger partial charge in [0.15, 0.2) is 0 Å². The molecule has 30 heavy (non-hydrogen) atoms. The molecule has 0 spiro atoms. The number of rotatable bonds is 9. The Hall–Kier alpha value is -3.52. The second-order valence-corrected chi connectivity index (χ2v) is 6.79. The zero-order valence-corrected chi connectivity index (χ0v) is 17.3. The second-order valence-electron chi connectivity index (χ2n) is 6.79. The lowest BCUT2D eigenvalue weighted by atomic mass is 10.2. The zero-order chi connectivity index (χ0) is 21.3. The van der Waals surface area contributed by atoms with E-state index in [4.69, 9.17) is 9.47 Å². The van der Waals surface area contributed by atoms with Gasteiger partial charge in [0.2, 0.25) is 17.8 Å². The molecule has 0 fully saturated rings. The first-order valence-electron chi connectivity index (χ1n) is 9.65. The fourth-order valence-corrected chi connectivity index (χ4v) is 2.71. The molecule has 0 aliphatic rings. The molecule has 1 heterocycles. The standard InChI is InChI=1S/C22H25N5O3/c1-15(23-21-24-16(2)25-22(27-21)26-17(3)28)13-29-14-18-9-7-8-12-20(18)30-19-10-5-4-6-11-19/h4-12,15H,13-14H2,1-3H3,(H2,23,24,25,26,27,28). The quantitative estimate of drug-likeness (QED) is 0.554. The molecule has 3 aromatic rings. The Morgan fingerprint density at radius 3 is 2.47 bits per heavy atom. The number of benzene rings is 2. The number of hydrogen-bond acceptors (Lipinski definition) is 7. The molecule has 8 heteroatoms. The van der Waals surface area contributed by atoms with Crippen LogP contribution in [0.15, 0.2) is 54.6 Å². The molecule has 8 nitrogen and oxygen atoms in total. The Morgan fingerprint density at radius 1 is 1.00 bits per heavy atom. The minimum atomic E-state index is -0.237. The van der Waals surface area contributed by atoms with E-state index >= 15 is 0 Å². The number of hydrogen-bond donors (Lipinski definition) is 2. The van der Waals surface area contributed by atoms with Gasteiger partial charge >= 0.3 is 0 Å². The lowest BCUT2D eigenvalue weighted by Gasteiger charge is -2.16. The molecule has 1 atom stereocenters. The number of nitrogens with one attached hydrogen (secondary N) is 2. The van der Waals surface area contributed by atoms with Gasteiger partial charge in [-0.3, -0.25) is 10.1 Å². The topological polar surface area (TPSA) is 98.3 Å². The zero-order valence-electron chi connectivity index (χ0n) is 17.3. The summed E-state index contributed by atoms with van der Waals surface area (Å²) in [7, 11) is 0. The summed E-state index contributed by atoms with van der Waals surface area (Å²) in [5.74, 6) is 2.42. The van der Waals surface area contributed by atoms with Crippen molar-refractivity contribution in [1.82, 2.24) is 15.0 Å². The van der Waals surface area contributed by atoms with Gasteiger partial charge in [0.25, 0.3) is 0 Å². The predicted octanol–water partition coefficient (Wildman–Crippen LogP) is 3.95. The molecule has 3 rings (SSSR count). The summed E-state index contributed by atoms with van der Waals surface area (Å²) >= 11 is 0. The molecular weight excluding hydrogens is 382 g/mol. The van der Waals surface area contributed by atoms with E-state index in [9.17, 15) is 4.79 Å². The van der Waals surface area contributed by atoms with E-state index in [1.165, 1.54) is 6.92 Å². The van der Waals surface area contributed by atoms with Gasteiger partial charge in [-0.1, -0.05) is 36.4 Å². The van der Waals surface area contributed by atoms with E-state index in [1.54, 1.807) is 6.92 Å². The monoisotopic (exact) mass is 407 g/mol. The second kappa shape index (κ2) is 10.3. The highest BCUT2D eigenvalue weighted by molar-refractivity contribution is 5.86. The highest BCUT2D eigenvalue weighted by Gasteiger charge is 2.10. The Bertz CT molecular complexity index is 982. The van der Waals surface area contributed by atoms with Gasteiger partial charge in [-0.2, -0.15) is 15.0 Å². The van der Waals surface area contributed by atoms with Crippen LogP contribution in [0.4, 0.5) is 11.9 Å². The molecule has 0 saturated carbocycles. The average molecular weight is 407 g/mol. The number of para-hydroxylation sites is 2. The van der Waals surface area contributed by atoms with Gasteiger partial charge in [-0.15, -0.1) is 0 Å². The molecule has 0 aliphatic heterocycles. The highest BCUT2D eigenvalue weighted by atomic mass is 16.5. The maximum atomic E-state index is 11.2. The van der Waals surface area contributed by atoms with Crippen LogP contribution in [-0.2, 0) is 16.1 Å². The summed E-state index contributed by atoms with van der Waals surface area (Å²) in [4.78, 5) is 23.8. The van der Waals surface area contributed by atoms with Crippen molar-refractivity contribution in [3.8, 4) is 11.5 Å². The molecule has 0 saturated heterocycles. The van der Waals surface area contributed by atoms with Crippen LogP contribution in [0.25, 0.3) is 0 Å². The first kappa shape index (κ1) is 21.2. The van der Waals surface area contributed by atoms with Crippen LogP contribution in [-0.4, -0.2) is 33.5 Å². The summed E-state index contributed by atoms with van der Waals surface area (Å²) in [6.07, 6.45) is 0. The van der Waals surface area contributed by atoms with Crippen LogP contribution in [0.5, 0.6) is 11.5 Å². The Kier molecular flexibility index (Phi) is 7.29. The van der Waals surface area contributed by atoms with Crippen LogP contribution in [0.1, 0.15) is 25.2 Å². The summed E-state index contributed by atoms with van der Waals surface area (Å²) in [6, 6.07) is 17.4. The SMILES string of the molecule is CC(=O)Nc1nc(C)nc(NC(C)COCc2ccccc2Oc2ccccc2)n1. The van der Waals surface area contributed by atoms with Crippen molar-refractivity contribution in [2.45, 2.75) is 33.4 Å². The van der Waals surface area contributed by atoms with E-state index in [0.717, 1.165) is 17.1 Å². The molecule has 0 aliphatic carbocycles. The lowest BCUT2D eigenvalue weighted by Crippen LogP contribution is -2.24. The van der Waals surface area contributed by atoms with Crippen LogP contribution in [0.2, 0.25) is 0 Å². The fraction of sp³-hybridized carbons (Fsp3) is 0.273. The average Bonchev–Trinajstić information content (AvgIpc) is 2.69. The van der Waals surface area contributed by atoms with Gasteiger partial charge in [0, 0.05) is 18.5 Å². The number of nitrogens with zero attached hydrogens (tertiary/aromatic N) is 3. The molecule has 0 radical (unpaired) electrons. The van der Waals surface area contributed by atoms with E-state index in [-0.39, 0.29) is 17.9 Å². The lowest BCUT2D eigenvalue weighted by molar-refractivity contribution is -0.114. The Balaban J connectivity index is 1.54. The third-order valence-electron chi connectivity index (χ3n) is 3.98. The van der Waals surface area contributed by atoms with Crippen LogP contribution in [0.3, 0.4) is 0 Å². The summed E-state index contributed by atoms with van der Waals surface area (Å²) in [5.41, 5.74) is 0.956. The number of aryl methyl sites for hydroxylation is 1. The summed E-state index contributed by atoms with van der Waals surface area (Å²) in [5, 5.41) is 5.73. The normalized spacial score (nSPS) is 11.6. The fourth-order valence-electron chi connectivity index (χ4n) is 2.71. The Morgan fingerprint density at radius 2 is 1.70 bits per heavy atom. The van der Waals surface area contributed by atoms with Crippen molar-refractivity contribution < 1.29 is 14.3 Å². The third-order valence-corrected chi connectivity index (χ3v) is 3.98. The summed E-state index contributed by atoms with van der Waals surface area (Å²) in [6.45, 7) is 5.94. The molecule has 2 aromatic carbocycles. The van der Waals surface area contributed by atoms with E-state index in [0.29, 0.717) is 25.0 Å². The Labute approximate surface area is 175 Å². The molecule has 1 unspecified atom stereocenters. The largest absolute Gasteiger partial charge is 0.457 e. The van der Waals surface area contributed by atoms with E-state index in [1.807, 2.05) is 61.5 Å². The van der Waals surface area contributed by atoms with Crippen molar-refractivity contribution in [3.05, 3.63) is 66.0 Å². The van der Waals surface area contributed by atoms with Crippen molar-refractivity contribution in [2.75, 3.05) is 17.2 Å². The molecule has 0 bridgehead atoms. The van der Waals surface area contributed by atoms with Gasteiger partial charge in [0.05, 0.1) is 13.2 Å². The van der Waals surface area contributed by atoms with Crippen molar-refractivity contribution in [2.24, 2.45) is 0 Å². The first-order valence-corrected chi connectivity index (χ1v) is 9.65. The number of anilines is 2. The number of ether oxygens (including phenoxy) is 2. The minimum Gasteiger partial charge on any atom is -0.457 e. The van der Waals surface area contributed by atoms with Crippen LogP contribution < -0.4 is 15.4 Å². The summed E-state index contributed by atoms with van der Waals surface area (Å²) < 4.78 is 11.8. The van der Waals surface area contributed by atoms with Crippen molar-refractivity contribution in [1.29, 1.82) is 0 Å². The van der Waals surface area contributed by atoms with Crippen molar-refractivity contribution in [3.63, 3.8) is 0 Å². The van der Waals surface area contributed by atoms with Crippen molar-refractivity contribution >= 4 is 17.8 Å². The van der Waals surface area contributed by atoms with Crippen LogP contribution >= 0.6 is 0 Å². The molecule has 1 aromatic heterocycles. The molecule has 2 N–H and O–H groups in total. The van der Waals surface area contributed by atoms with Gasteiger partial charge in [0.1, 0.15) is 17.3 Å².